The van der Waals surface area contributed by atoms with Gasteiger partial charge in [-0.15, -0.1) is 0 Å². The smallest absolute Gasteiger partial charge is 0.336 e. The van der Waals surface area contributed by atoms with E-state index in [-0.39, 0.29) is 0 Å². The molecular formula is C16H20O5. The van der Waals surface area contributed by atoms with Crippen LogP contribution in [0.15, 0.2) is 33.5 Å². The highest BCUT2D eigenvalue weighted by atomic mass is 16.5. The highest BCUT2D eigenvalue weighted by molar-refractivity contribution is 5.82. The minimum absolute atomic E-state index is 0.369. The van der Waals surface area contributed by atoms with Crippen molar-refractivity contribution in [3.63, 3.8) is 0 Å². The molecule has 0 unspecified atom stereocenters. The summed E-state index contributed by atoms with van der Waals surface area (Å²) in [6.45, 7) is 3.35. The summed E-state index contributed by atoms with van der Waals surface area (Å²) in [4.78, 5) is 11.5. The third-order valence-electron chi connectivity index (χ3n) is 3.53. The van der Waals surface area contributed by atoms with E-state index < -0.39 is 17.3 Å². The Labute approximate surface area is 123 Å². The molecule has 1 aromatic heterocycles. The second kappa shape index (κ2) is 5.87. The number of benzene rings is 1. The molecule has 0 amide bonds. The van der Waals surface area contributed by atoms with Crippen LogP contribution in [0.2, 0.25) is 0 Å². The van der Waals surface area contributed by atoms with Crippen LogP contribution in [0.1, 0.15) is 19.4 Å². The molecule has 0 radical (unpaired) electrons. The summed E-state index contributed by atoms with van der Waals surface area (Å²) in [6, 6.07) is 6.72. The molecule has 0 aliphatic rings. The Balaban J connectivity index is 2.59. The lowest BCUT2D eigenvalue weighted by atomic mass is 9.93. The Kier molecular flexibility index (Phi) is 4.34. The maximum absolute atomic E-state index is 11.5. The van der Waals surface area contributed by atoms with Crippen LogP contribution in [-0.4, -0.2) is 31.0 Å². The first kappa shape index (κ1) is 15.5. The first-order valence-electron chi connectivity index (χ1n) is 6.71. The van der Waals surface area contributed by atoms with Crippen LogP contribution < -0.4 is 10.4 Å². The minimum atomic E-state index is -1.03. The highest BCUT2D eigenvalue weighted by Gasteiger charge is 2.29. The lowest BCUT2D eigenvalue weighted by Crippen LogP contribution is -2.39. The Morgan fingerprint density at radius 1 is 1.24 bits per heavy atom. The Morgan fingerprint density at radius 3 is 2.48 bits per heavy atom. The standard InChI is InChI=1S/C16H20O5/c1-16(2,18)13(20-4)9-11-12(19-3)7-5-10-6-8-14(17)21-15(10)11/h5-8,13,18H,9H2,1-4H3/t13-/m0/s1. The molecule has 2 rings (SSSR count). The van der Waals surface area contributed by atoms with E-state index >= 15 is 0 Å². The van der Waals surface area contributed by atoms with E-state index in [1.807, 2.05) is 12.1 Å². The highest BCUT2D eigenvalue weighted by Crippen LogP contribution is 2.30. The summed E-state index contributed by atoms with van der Waals surface area (Å²) in [6.07, 6.45) is -0.0875. The number of hydrogen-bond donors (Lipinski definition) is 1. The number of ether oxygens (including phenoxy) is 2. The third-order valence-corrected chi connectivity index (χ3v) is 3.53. The Hall–Kier alpha value is -1.85. The van der Waals surface area contributed by atoms with Gasteiger partial charge in [0, 0.05) is 30.5 Å². The van der Waals surface area contributed by atoms with Gasteiger partial charge in [-0.05, 0) is 32.0 Å². The number of hydrogen-bond acceptors (Lipinski definition) is 5. The molecular weight excluding hydrogens is 272 g/mol. The van der Waals surface area contributed by atoms with Gasteiger partial charge in [-0.3, -0.25) is 0 Å². The molecule has 1 heterocycles. The second-order valence-electron chi connectivity index (χ2n) is 5.50. The van der Waals surface area contributed by atoms with E-state index in [4.69, 9.17) is 13.9 Å². The van der Waals surface area contributed by atoms with Gasteiger partial charge in [0.05, 0.1) is 18.8 Å². The van der Waals surface area contributed by atoms with Gasteiger partial charge in [0.15, 0.2) is 0 Å². The largest absolute Gasteiger partial charge is 0.496 e. The van der Waals surface area contributed by atoms with E-state index in [0.717, 1.165) is 5.39 Å². The van der Waals surface area contributed by atoms with Crippen molar-refractivity contribution in [2.75, 3.05) is 14.2 Å². The summed E-state index contributed by atoms with van der Waals surface area (Å²) in [5, 5.41) is 11.0. The maximum atomic E-state index is 11.5. The van der Waals surface area contributed by atoms with Crippen LogP contribution in [0.25, 0.3) is 11.0 Å². The van der Waals surface area contributed by atoms with Crippen LogP contribution in [0.3, 0.4) is 0 Å². The van der Waals surface area contributed by atoms with Crippen molar-refractivity contribution in [3.8, 4) is 5.75 Å². The fourth-order valence-corrected chi connectivity index (χ4v) is 2.36. The van der Waals surface area contributed by atoms with Gasteiger partial charge in [0.1, 0.15) is 11.3 Å². The zero-order valence-electron chi connectivity index (χ0n) is 12.7. The monoisotopic (exact) mass is 292 g/mol. The van der Waals surface area contributed by atoms with Gasteiger partial charge in [0.25, 0.3) is 0 Å². The third kappa shape index (κ3) is 3.25. The predicted octanol–water partition coefficient (Wildman–Crippen LogP) is 2.13. The fourth-order valence-electron chi connectivity index (χ4n) is 2.36. The molecule has 2 aromatic rings. The van der Waals surface area contributed by atoms with Crippen molar-refractivity contribution >= 4 is 11.0 Å². The topological polar surface area (TPSA) is 68.9 Å². The molecule has 5 nitrogen and oxygen atoms in total. The molecule has 0 aliphatic carbocycles. The van der Waals surface area contributed by atoms with Crippen LogP contribution in [-0.2, 0) is 11.2 Å². The SMILES string of the molecule is COc1ccc2ccc(=O)oc2c1C[C@H](OC)C(C)(C)O. The van der Waals surface area contributed by atoms with E-state index in [1.54, 1.807) is 27.0 Å². The fraction of sp³-hybridized carbons (Fsp3) is 0.438. The van der Waals surface area contributed by atoms with E-state index in [2.05, 4.69) is 0 Å². The average Bonchev–Trinajstić information content (AvgIpc) is 2.43. The van der Waals surface area contributed by atoms with Gasteiger partial charge in [-0.2, -0.15) is 0 Å². The quantitative estimate of drug-likeness (QED) is 0.855. The first-order valence-corrected chi connectivity index (χ1v) is 6.71. The van der Waals surface area contributed by atoms with Crippen LogP contribution in [0.5, 0.6) is 5.75 Å². The van der Waals surface area contributed by atoms with Crippen molar-refractivity contribution in [1.82, 2.24) is 0 Å². The molecule has 0 aliphatic heterocycles. The normalized spacial score (nSPS) is 13.4. The molecule has 0 saturated carbocycles. The summed E-state index contributed by atoms with van der Waals surface area (Å²) >= 11 is 0. The molecule has 1 aromatic carbocycles. The number of aliphatic hydroxyl groups is 1. The summed E-state index contributed by atoms with van der Waals surface area (Å²) in [5.74, 6) is 0.600. The second-order valence-corrected chi connectivity index (χ2v) is 5.50. The van der Waals surface area contributed by atoms with Crippen LogP contribution in [0, 0.1) is 0 Å². The molecule has 0 saturated heterocycles. The van der Waals surface area contributed by atoms with Crippen molar-refractivity contribution < 1.29 is 19.0 Å². The molecule has 114 valence electrons. The molecule has 21 heavy (non-hydrogen) atoms. The zero-order valence-corrected chi connectivity index (χ0v) is 12.7. The van der Waals surface area contributed by atoms with Crippen LogP contribution >= 0.6 is 0 Å². The number of methoxy groups -OCH3 is 2. The summed E-state index contributed by atoms with van der Waals surface area (Å²) in [7, 11) is 3.09. The van der Waals surface area contributed by atoms with Crippen molar-refractivity contribution in [1.29, 1.82) is 0 Å². The maximum Gasteiger partial charge on any atom is 0.336 e. The Bertz CT molecular complexity index is 681. The van der Waals surface area contributed by atoms with Gasteiger partial charge >= 0.3 is 5.63 Å². The van der Waals surface area contributed by atoms with Gasteiger partial charge < -0.3 is 19.0 Å². The molecule has 1 atom stereocenters. The molecule has 5 heteroatoms. The Morgan fingerprint density at radius 2 is 1.90 bits per heavy atom. The van der Waals surface area contributed by atoms with Gasteiger partial charge in [0.2, 0.25) is 0 Å². The molecule has 0 spiro atoms. The van der Waals surface area contributed by atoms with Crippen LogP contribution in [0.4, 0.5) is 0 Å². The van der Waals surface area contributed by atoms with E-state index in [9.17, 15) is 9.90 Å². The van der Waals surface area contributed by atoms with Crippen molar-refractivity contribution in [3.05, 3.63) is 40.2 Å². The molecule has 0 bridgehead atoms. The number of rotatable bonds is 5. The summed E-state index contributed by atoms with van der Waals surface area (Å²) < 4.78 is 16.0. The van der Waals surface area contributed by atoms with Gasteiger partial charge in [-0.25, -0.2) is 4.79 Å². The average molecular weight is 292 g/mol. The van der Waals surface area contributed by atoms with E-state index in [0.29, 0.717) is 23.3 Å². The lowest BCUT2D eigenvalue weighted by Gasteiger charge is -2.28. The first-order chi connectivity index (χ1) is 9.86. The predicted molar refractivity (Wildman–Crippen MR) is 79.8 cm³/mol. The lowest BCUT2D eigenvalue weighted by molar-refractivity contribution is -0.0689. The minimum Gasteiger partial charge on any atom is -0.496 e. The van der Waals surface area contributed by atoms with Gasteiger partial charge in [-0.1, -0.05) is 0 Å². The summed E-state index contributed by atoms with van der Waals surface area (Å²) in [5.41, 5.74) is -0.277. The molecule has 0 fully saturated rings. The number of fused-ring (bicyclic) bond motifs is 1. The van der Waals surface area contributed by atoms with Crippen molar-refractivity contribution in [2.45, 2.75) is 32.0 Å². The zero-order chi connectivity index (χ0) is 15.6. The van der Waals surface area contributed by atoms with Crippen molar-refractivity contribution in [2.24, 2.45) is 0 Å². The van der Waals surface area contributed by atoms with E-state index in [1.165, 1.54) is 13.2 Å². The molecule has 1 N–H and O–H groups in total.